The number of aliphatic hydroxyl groups is 2. The number of rotatable bonds is 4. The molecule has 2 unspecified atom stereocenters. The van der Waals surface area contributed by atoms with Crippen LogP contribution >= 0.6 is 0 Å². The van der Waals surface area contributed by atoms with Crippen LogP contribution < -0.4 is 5.32 Å². The SMILES string of the molecule is O=C(CN1CC(O)C(O)C1)NCc1ccccc1. The number of aliphatic hydroxyl groups excluding tert-OH is 2. The zero-order chi connectivity index (χ0) is 13.0. The molecule has 2 rings (SSSR count). The van der Waals surface area contributed by atoms with Gasteiger partial charge in [-0.2, -0.15) is 0 Å². The zero-order valence-electron chi connectivity index (χ0n) is 10.1. The van der Waals surface area contributed by atoms with Crippen molar-refractivity contribution >= 4 is 5.91 Å². The van der Waals surface area contributed by atoms with E-state index in [1.807, 2.05) is 30.3 Å². The Balaban J connectivity index is 1.73. The Labute approximate surface area is 106 Å². The van der Waals surface area contributed by atoms with Crippen molar-refractivity contribution in [1.29, 1.82) is 0 Å². The van der Waals surface area contributed by atoms with Crippen LogP contribution in [0.25, 0.3) is 0 Å². The van der Waals surface area contributed by atoms with Crippen molar-refractivity contribution in [2.45, 2.75) is 18.8 Å². The molecule has 0 saturated carbocycles. The van der Waals surface area contributed by atoms with Crippen molar-refractivity contribution in [3.63, 3.8) is 0 Å². The van der Waals surface area contributed by atoms with Gasteiger partial charge >= 0.3 is 0 Å². The summed E-state index contributed by atoms with van der Waals surface area (Å²) < 4.78 is 0. The lowest BCUT2D eigenvalue weighted by molar-refractivity contribution is -0.122. The summed E-state index contributed by atoms with van der Waals surface area (Å²) in [4.78, 5) is 13.4. The van der Waals surface area contributed by atoms with Crippen LogP contribution in [0.2, 0.25) is 0 Å². The highest BCUT2D eigenvalue weighted by molar-refractivity contribution is 5.78. The Morgan fingerprint density at radius 1 is 1.22 bits per heavy atom. The van der Waals surface area contributed by atoms with Crippen LogP contribution in [0.1, 0.15) is 5.56 Å². The van der Waals surface area contributed by atoms with Gasteiger partial charge in [-0.3, -0.25) is 9.69 Å². The molecule has 1 amide bonds. The van der Waals surface area contributed by atoms with Crippen molar-refractivity contribution in [1.82, 2.24) is 10.2 Å². The van der Waals surface area contributed by atoms with Gasteiger partial charge in [0, 0.05) is 19.6 Å². The van der Waals surface area contributed by atoms with Crippen LogP contribution in [0.4, 0.5) is 0 Å². The number of benzene rings is 1. The first kappa shape index (κ1) is 13.0. The number of carbonyl (C=O) groups excluding carboxylic acids is 1. The van der Waals surface area contributed by atoms with E-state index in [0.29, 0.717) is 19.6 Å². The highest BCUT2D eigenvalue weighted by atomic mass is 16.3. The minimum atomic E-state index is -0.744. The molecule has 0 aliphatic carbocycles. The molecule has 2 atom stereocenters. The first-order valence-corrected chi connectivity index (χ1v) is 6.04. The van der Waals surface area contributed by atoms with Gasteiger partial charge < -0.3 is 15.5 Å². The maximum absolute atomic E-state index is 11.7. The van der Waals surface area contributed by atoms with Gasteiger partial charge in [0.05, 0.1) is 18.8 Å². The molecule has 1 aliphatic heterocycles. The summed E-state index contributed by atoms with van der Waals surface area (Å²) in [5, 5.41) is 21.5. The van der Waals surface area contributed by atoms with Crippen molar-refractivity contribution < 1.29 is 15.0 Å². The fourth-order valence-corrected chi connectivity index (χ4v) is 2.03. The lowest BCUT2D eigenvalue weighted by Crippen LogP contribution is -2.36. The Morgan fingerprint density at radius 2 is 1.83 bits per heavy atom. The average Bonchev–Trinajstić information content (AvgIpc) is 2.67. The molecule has 1 fully saturated rings. The first-order chi connectivity index (χ1) is 8.65. The Hall–Kier alpha value is -1.43. The third kappa shape index (κ3) is 3.53. The fraction of sp³-hybridized carbons (Fsp3) is 0.462. The summed E-state index contributed by atoms with van der Waals surface area (Å²) >= 11 is 0. The minimum absolute atomic E-state index is 0.0971. The number of hydrogen-bond donors (Lipinski definition) is 3. The number of β-amino-alcohol motifs (C(OH)–C–C–N with tert-alkyl or cyclic N) is 2. The highest BCUT2D eigenvalue weighted by Gasteiger charge is 2.30. The molecule has 1 aromatic rings. The van der Waals surface area contributed by atoms with Gasteiger partial charge in [0.25, 0.3) is 0 Å². The zero-order valence-corrected chi connectivity index (χ0v) is 10.1. The molecule has 0 spiro atoms. The second-order valence-corrected chi connectivity index (χ2v) is 4.59. The molecule has 0 radical (unpaired) electrons. The van der Waals surface area contributed by atoms with Gasteiger partial charge in [0.15, 0.2) is 0 Å². The third-order valence-corrected chi connectivity index (χ3v) is 3.03. The normalized spacial score (nSPS) is 24.1. The molecule has 0 aromatic heterocycles. The lowest BCUT2D eigenvalue weighted by Gasteiger charge is -2.14. The van der Waals surface area contributed by atoms with Gasteiger partial charge in [0.1, 0.15) is 0 Å². The largest absolute Gasteiger partial charge is 0.389 e. The molecule has 1 heterocycles. The van der Waals surface area contributed by atoms with E-state index in [0.717, 1.165) is 5.56 Å². The first-order valence-electron chi connectivity index (χ1n) is 6.04. The smallest absolute Gasteiger partial charge is 0.234 e. The fourth-order valence-electron chi connectivity index (χ4n) is 2.03. The molecular weight excluding hydrogens is 232 g/mol. The maximum Gasteiger partial charge on any atom is 0.234 e. The van der Waals surface area contributed by atoms with Crippen LogP contribution in [0.3, 0.4) is 0 Å². The van der Waals surface area contributed by atoms with Crippen LogP contribution in [0.15, 0.2) is 30.3 Å². The molecule has 5 nitrogen and oxygen atoms in total. The molecule has 18 heavy (non-hydrogen) atoms. The summed E-state index contributed by atoms with van der Waals surface area (Å²) in [6.07, 6.45) is -1.49. The van der Waals surface area contributed by atoms with E-state index in [2.05, 4.69) is 5.32 Å². The van der Waals surface area contributed by atoms with Crippen LogP contribution in [-0.4, -0.2) is 52.9 Å². The summed E-state index contributed by atoms with van der Waals surface area (Å²) in [7, 11) is 0. The molecule has 1 aliphatic rings. The number of carbonyl (C=O) groups is 1. The predicted octanol–water partition coefficient (Wildman–Crippen LogP) is -0.660. The third-order valence-electron chi connectivity index (χ3n) is 3.03. The number of amides is 1. The topological polar surface area (TPSA) is 72.8 Å². The number of nitrogens with zero attached hydrogens (tertiary/aromatic N) is 1. The van der Waals surface area contributed by atoms with E-state index in [9.17, 15) is 15.0 Å². The Kier molecular flexibility index (Phi) is 4.30. The van der Waals surface area contributed by atoms with Gasteiger partial charge in [-0.15, -0.1) is 0 Å². The minimum Gasteiger partial charge on any atom is -0.389 e. The Bertz CT molecular complexity index is 386. The summed E-state index contributed by atoms with van der Waals surface area (Å²) in [5.74, 6) is -0.0971. The molecule has 1 saturated heterocycles. The number of hydrogen-bond acceptors (Lipinski definition) is 4. The number of likely N-dealkylation sites (tertiary alicyclic amines) is 1. The van der Waals surface area contributed by atoms with E-state index >= 15 is 0 Å². The highest BCUT2D eigenvalue weighted by Crippen LogP contribution is 2.08. The van der Waals surface area contributed by atoms with E-state index in [1.165, 1.54) is 0 Å². The van der Waals surface area contributed by atoms with Crippen molar-refractivity contribution in [3.05, 3.63) is 35.9 Å². The van der Waals surface area contributed by atoms with Crippen molar-refractivity contribution in [2.75, 3.05) is 19.6 Å². The molecule has 3 N–H and O–H groups in total. The second-order valence-electron chi connectivity index (χ2n) is 4.59. The predicted molar refractivity (Wildman–Crippen MR) is 66.7 cm³/mol. The second kappa shape index (κ2) is 5.95. The maximum atomic E-state index is 11.7. The lowest BCUT2D eigenvalue weighted by atomic mass is 10.2. The summed E-state index contributed by atoms with van der Waals surface area (Å²) in [6.45, 7) is 1.40. The Morgan fingerprint density at radius 3 is 2.44 bits per heavy atom. The standard InChI is InChI=1S/C13H18N2O3/c16-11-7-15(8-12(11)17)9-13(18)14-6-10-4-2-1-3-5-10/h1-5,11-12,16-17H,6-9H2,(H,14,18). The van der Waals surface area contributed by atoms with Crippen LogP contribution in [-0.2, 0) is 11.3 Å². The van der Waals surface area contributed by atoms with Gasteiger partial charge in [-0.05, 0) is 5.56 Å². The van der Waals surface area contributed by atoms with Gasteiger partial charge in [-0.25, -0.2) is 0 Å². The monoisotopic (exact) mass is 250 g/mol. The van der Waals surface area contributed by atoms with E-state index in [-0.39, 0.29) is 12.5 Å². The van der Waals surface area contributed by atoms with Crippen molar-refractivity contribution in [2.24, 2.45) is 0 Å². The summed E-state index contributed by atoms with van der Waals surface area (Å²) in [5.41, 5.74) is 1.05. The quantitative estimate of drug-likeness (QED) is 0.663. The van der Waals surface area contributed by atoms with Gasteiger partial charge in [0.2, 0.25) is 5.91 Å². The van der Waals surface area contributed by atoms with E-state index in [1.54, 1.807) is 4.90 Å². The molecule has 98 valence electrons. The van der Waals surface area contributed by atoms with Crippen LogP contribution in [0.5, 0.6) is 0 Å². The average molecular weight is 250 g/mol. The molecule has 0 bridgehead atoms. The summed E-state index contributed by atoms with van der Waals surface area (Å²) in [6, 6.07) is 9.68. The molecule has 1 aromatic carbocycles. The van der Waals surface area contributed by atoms with Gasteiger partial charge in [-0.1, -0.05) is 30.3 Å². The van der Waals surface area contributed by atoms with Crippen molar-refractivity contribution in [3.8, 4) is 0 Å². The molecular formula is C13H18N2O3. The van der Waals surface area contributed by atoms with Crippen LogP contribution in [0, 0.1) is 0 Å². The van der Waals surface area contributed by atoms with E-state index < -0.39 is 12.2 Å². The number of nitrogens with one attached hydrogen (secondary N) is 1. The van der Waals surface area contributed by atoms with E-state index in [4.69, 9.17) is 0 Å². The molecule has 5 heteroatoms.